The Hall–Kier alpha value is -3.25. The van der Waals surface area contributed by atoms with E-state index in [0.29, 0.717) is 59.3 Å². The average molecular weight is 563 g/mol. The molecule has 204 valence electrons. The second-order valence-corrected chi connectivity index (χ2v) is 13.0. The molecule has 2 saturated carbocycles. The summed E-state index contributed by atoms with van der Waals surface area (Å²) in [7, 11) is -1.89. The fourth-order valence-electron chi connectivity index (χ4n) is 4.34. The normalized spacial score (nSPS) is 19.5. The molecule has 3 aromatic rings. The minimum absolute atomic E-state index is 0.00956. The Balaban J connectivity index is 1.36. The van der Waals surface area contributed by atoms with Crippen LogP contribution in [0.15, 0.2) is 30.5 Å². The van der Waals surface area contributed by atoms with Gasteiger partial charge in [-0.15, -0.1) is 5.10 Å². The van der Waals surface area contributed by atoms with Gasteiger partial charge >= 0.3 is 6.09 Å². The van der Waals surface area contributed by atoms with Crippen LogP contribution in [-0.4, -0.2) is 59.3 Å². The summed E-state index contributed by atoms with van der Waals surface area (Å²) in [5.74, 6) is 1.06. The minimum Gasteiger partial charge on any atom is -0.494 e. The Morgan fingerprint density at radius 2 is 1.89 bits per heavy atom. The maximum absolute atomic E-state index is 12.4. The number of ether oxygens (including phenoxy) is 2. The highest BCUT2D eigenvalue weighted by Crippen LogP contribution is 2.35. The third kappa shape index (κ3) is 5.75. The number of alkyl carbamates (subject to hydrolysis) is 1. The van der Waals surface area contributed by atoms with Crippen LogP contribution in [0, 0.1) is 0 Å². The Morgan fingerprint density at radius 3 is 2.55 bits per heavy atom. The van der Waals surface area contributed by atoms with Gasteiger partial charge in [-0.1, -0.05) is 11.6 Å². The van der Waals surface area contributed by atoms with Gasteiger partial charge in [-0.25, -0.2) is 22.9 Å². The van der Waals surface area contributed by atoms with E-state index >= 15 is 0 Å². The van der Waals surface area contributed by atoms with Crippen molar-refractivity contribution in [1.29, 1.82) is 0 Å². The lowest BCUT2D eigenvalue weighted by atomic mass is 9.87. The number of amides is 1. The van der Waals surface area contributed by atoms with Gasteiger partial charge in [0.2, 0.25) is 10.0 Å². The number of benzene rings is 1. The summed E-state index contributed by atoms with van der Waals surface area (Å²) in [4.78, 5) is 16.3. The van der Waals surface area contributed by atoms with Crippen molar-refractivity contribution in [1.82, 2.24) is 20.1 Å². The Kier molecular flexibility index (Phi) is 6.80. The van der Waals surface area contributed by atoms with Gasteiger partial charge < -0.3 is 20.1 Å². The quantitative estimate of drug-likeness (QED) is 0.342. The highest BCUT2D eigenvalue weighted by atomic mass is 35.5. The standard InChI is InChI=1S/C25H31ClN6O5S/c1-25(2,3)37-24(33)29-16-9-15(10-16)28-23-18-13-27-22(26)12-20(18)32(30-23)19-8-5-14(11-21(19)36-4)31-38(34,35)17-6-7-17/h5,8,11-13,15-17,31H,6-7,9-10H2,1-4H3,(H,28,30)(H,29,33). The molecule has 38 heavy (non-hydrogen) atoms. The third-order valence-electron chi connectivity index (χ3n) is 6.36. The van der Waals surface area contributed by atoms with Crippen molar-refractivity contribution in [3.05, 3.63) is 35.6 Å². The predicted molar refractivity (Wildman–Crippen MR) is 146 cm³/mol. The van der Waals surface area contributed by atoms with E-state index in [1.807, 2.05) is 20.8 Å². The smallest absolute Gasteiger partial charge is 0.407 e. The Morgan fingerprint density at radius 1 is 1.16 bits per heavy atom. The number of nitrogens with one attached hydrogen (secondary N) is 3. The van der Waals surface area contributed by atoms with Crippen LogP contribution in [-0.2, 0) is 14.8 Å². The van der Waals surface area contributed by atoms with E-state index in [2.05, 4.69) is 20.3 Å². The highest BCUT2D eigenvalue weighted by Gasteiger charge is 2.36. The maximum atomic E-state index is 12.4. The van der Waals surface area contributed by atoms with Crippen LogP contribution in [0.3, 0.4) is 0 Å². The molecule has 0 radical (unpaired) electrons. The van der Waals surface area contributed by atoms with E-state index in [9.17, 15) is 13.2 Å². The number of methoxy groups -OCH3 is 1. The summed E-state index contributed by atoms with van der Waals surface area (Å²) in [5.41, 5.74) is 1.19. The van der Waals surface area contributed by atoms with E-state index < -0.39 is 21.7 Å². The number of aromatic nitrogens is 3. The molecule has 3 N–H and O–H groups in total. The van der Waals surface area contributed by atoms with Crippen molar-refractivity contribution in [3.8, 4) is 11.4 Å². The fourth-order valence-corrected chi connectivity index (χ4v) is 5.87. The molecule has 13 heteroatoms. The molecule has 0 aliphatic heterocycles. The lowest BCUT2D eigenvalue weighted by molar-refractivity contribution is 0.0475. The van der Waals surface area contributed by atoms with Gasteiger partial charge in [0, 0.05) is 30.4 Å². The lowest BCUT2D eigenvalue weighted by Crippen LogP contribution is -2.50. The van der Waals surface area contributed by atoms with Crippen molar-refractivity contribution in [2.24, 2.45) is 0 Å². The van der Waals surface area contributed by atoms with Crippen LogP contribution in [0.25, 0.3) is 16.6 Å². The number of rotatable bonds is 8. The van der Waals surface area contributed by atoms with Gasteiger partial charge in [0.15, 0.2) is 5.82 Å². The van der Waals surface area contributed by atoms with Gasteiger partial charge in [-0.05, 0) is 58.6 Å². The average Bonchev–Trinajstić information content (AvgIpc) is 3.60. The van der Waals surface area contributed by atoms with Gasteiger partial charge in [0.25, 0.3) is 0 Å². The molecule has 5 rings (SSSR count). The molecule has 0 bridgehead atoms. The summed E-state index contributed by atoms with van der Waals surface area (Å²) in [6.45, 7) is 5.48. The number of carbonyl (C=O) groups excluding carboxylic acids is 1. The van der Waals surface area contributed by atoms with Crippen LogP contribution in [0.2, 0.25) is 5.15 Å². The van der Waals surface area contributed by atoms with Crippen molar-refractivity contribution in [2.45, 2.75) is 69.4 Å². The highest BCUT2D eigenvalue weighted by molar-refractivity contribution is 7.93. The summed E-state index contributed by atoms with van der Waals surface area (Å²) >= 11 is 6.22. The second kappa shape index (κ2) is 9.81. The molecular formula is C25H31ClN6O5S. The van der Waals surface area contributed by atoms with Crippen LogP contribution in [0.1, 0.15) is 46.5 Å². The van der Waals surface area contributed by atoms with Crippen LogP contribution in [0.4, 0.5) is 16.3 Å². The molecule has 2 aliphatic carbocycles. The number of halogens is 1. The van der Waals surface area contributed by atoms with E-state index in [0.717, 1.165) is 5.39 Å². The summed E-state index contributed by atoms with van der Waals surface area (Å²) in [6.07, 6.45) is 4.01. The number of anilines is 2. The fraction of sp³-hybridized carbons (Fsp3) is 0.480. The number of carbonyl (C=O) groups is 1. The van der Waals surface area contributed by atoms with E-state index in [1.54, 1.807) is 35.1 Å². The van der Waals surface area contributed by atoms with E-state index in [4.69, 9.17) is 26.2 Å². The lowest BCUT2D eigenvalue weighted by Gasteiger charge is -2.36. The number of nitrogens with zero attached hydrogens (tertiary/aromatic N) is 3. The molecule has 0 saturated heterocycles. The zero-order valence-corrected chi connectivity index (χ0v) is 23.2. The Bertz CT molecular complexity index is 1480. The molecule has 2 heterocycles. The third-order valence-corrected chi connectivity index (χ3v) is 8.44. The van der Waals surface area contributed by atoms with Gasteiger partial charge in [-0.3, -0.25) is 4.72 Å². The zero-order valence-electron chi connectivity index (χ0n) is 21.6. The first-order chi connectivity index (χ1) is 17.9. The molecule has 0 unspecified atom stereocenters. The molecule has 1 amide bonds. The van der Waals surface area contributed by atoms with Crippen LogP contribution >= 0.6 is 11.6 Å². The first-order valence-electron chi connectivity index (χ1n) is 12.4. The first kappa shape index (κ1) is 26.4. The number of pyridine rings is 1. The molecule has 11 nitrogen and oxygen atoms in total. The monoisotopic (exact) mass is 562 g/mol. The summed E-state index contributed by atoms with van der Waals surface area (Å²) < 4.78 is 40.0. The van der Waals surface area contributed by atoms with Gasteiger partial charge in [-0.2, -0.15) is 0 Å². The maximum Gasteiger partial charge on any atom is 0.407 e. The van der Waals surface area contributed by atoms with E-state index in [-0.39, 0.29) is 17.3 Å². The summed E-state index contributed by atoms with van der Waals surface area (Å²) in [6, 6.07) is 6.88. The van der Waals surface area contributed by atoms with E-state index in [1.165, 1.54) is 7.11 Å². The van der Waals surface area contributed by atoms with Crippen molar-refractivity contribution < 1.29 is 22.7 Å². The molecule has 1 aromatic carbocycles. The van der Waals surface area contributed by atoms with Crippen LogP contribution < -0.4 is 20.1 Å². The van der Waals surface area contributed by atoms with Crippen molar-refractivity contribution >= 4 is 50.1 Å². The van der Waals surface area contributed by atoms with Crippen molar-refractivity contribution in [3.63, 3.8) is 0 Å². The largest absolute Gasteiger partial charge is 0.494 e. The predicted octanol–water partition coefficient (Wildman–Crippen LogP) is 4.45. The number of sulfonamides is 1. The van der Waals surface area contributed by atoms with Gasteiger partial charge in [0.05, 0.1) is 29.0 Å². The molecular weight excluding hydrogens is 532 g/mol. The Labute approximate surface area is 226 Å². The molecule has 0 spiro atoms. The van der Waals surface area contributed by atoms with Crippen molar-refractivity contribution in [2.75, 3.05) is 17.1 Å². The number of hydrogen-bond donors (Lipinski definition) is 3. The molecule has 2 fully saturated rings. The summed E-state index contributed by atoms with van der Waals surface area (Å²) in [5, 5.41) is 11.9. The SMILES string of the molecule is COc1cc(NS(=O)(=O)C2CC2)ccc1-n1nc(NC2CC(NC(=O)OC(C)(C)C)C2)c2cnc(Cl)cc21. The minimum atomic E-state index is -3.41. The van der Waals surface area contributed by atoms with Gasteiger partial charge in [0.1, 0.15) is 22.2 Å². The first-order valence-corrected chi connectivity index (χ1v) is 14.3. The molecule has 0 atom stereocenters. The topological polar surface area (TPSA) is 136 Å². The van der Waals surface area contributed by atoms with Crippen LogP contribution in [0.5, 0.6) is 5.75 Å². The number of fused-ring (bicyclic) bond motifs is 1. The molecule has 2 aliphatic rings. The molecule has 2 aromatic heterocycles. The number of hydrogen-bond acceptors (Lipinski definition) is 8. The second-order valence-electron chi connectivity index (χ2n) is 10.7. The zero-order chi connectivity index (χ0) is 27.2.